The normalized spacial score (nSPS) is 20.0. The Hall–Kier alpha value is -5.44. The molecule has 372 valence electrons. The second-order valence-electron chi connectivity index (χ2n) is 15.0. The van der Waals surface area contributed by atoms with Crippen LogP contribution in [0.15, 0.2) is 47.6 Å². The minimum Gasteiger partial charge on any atom is -0.481 e. The third-order valence-corrected chi connectivity index (χ3v) is 12.7. The molecule has 27 heteroatoms. The quantitative estimate of drug-likeness (QED) is 0.0166. The van der Waals surface area contributed by atoms with E-state index in [-0.39, 0.29) is 66.2 Å². The summed E-state index contributed by atoms with van der Waals surface area (Å²) in [6, 6.07) is 0.284. The zero-order valence-corrected chi connectivity index (χ0v) is 40.0. The predicted molar refractivity (Wildman–Crippen MR) is 259 cm³/mol. The van der Waals surface area contributed by atoms with Crippen molar-refractivity contribution in [2.45, 2.75) is 87.2 Å². The first-order valence-electron chi connectivity index (χ1n) is 21.0. The Balaban J connectivity index is 2.54. The maximum Gasteiger partial charge on any atom is 0.305 e. The van der Waals surface area contributed by atoms with Crippen LogP contribution < -0.4 is 65.5 Å². The van der Waals surface area contributed by atoms with Crippen LogP contribution in [0.3, 0.4) is 0 Å². The first kappa shape index (κ1) is 57.7. The minimum absolute atomic E-state index is 0.00115. The maximum atomic E-state index is 14.2. The standard InChI is InChI=1S/C40H62ClN13O10S3/c1-22(48-28(18-65)34(43)59)26(14-23-8-3-2-4-9-23)52-39(64)30-20-67-21-66-19-29(53-36(61)25(10-5-6-12-42)49-31(55)16-41)38(63)51-24(11-7-13-46-40(44)45)35(60)47-17-32(56)50-27(15-33(57)58)37(62)54-30/h2-4,8-9,24-30,48,65H,1,5-7,10-21,42H2,(H2,43,59)(H,47,60)(H,49,55)(H,50,56)(H,51,63)(H,52,64)(H,53,61)(H,54,62)(H,57,58)(H4,44,45,46)/t24-,25-,26-,27-,28-,29-,30-/m0/s1. The predicted octanol–water partition coefficient (Wildman–Crippen LogP) is -3.53. The molecule has 0 aromatic heterocycles. The van der Waals surface area contributed by atoms with Crippen molar-refractivity contribution in [1.82, 2.24) is 42.5 Å². The highest BCUT2D eigenvalue weighted by atomic mass is 35.5. The summed E-state index contributed by atoms with van der Waals surface area (Å²) in [4.78, 5) is 123. The molecular weight excluding hydrogens is 954 g/mol. The molecule has 0 radical (unpaired) electrons. The zero-order chi connectivity index (χ0) is 49.9. The third kappa shape index (κ3) is 22.7. The topological polar surface area (TPSA) is 387 Å². The highest BCUT2D eigenvalue weighted by molar-refractivity contribution is 8.16. The number of halogens is 1. The molecule has 1 aliphatic rings. The molecule has 0 spiro atoms. The van der Waals surface area contributed by atoms with Gasteiger partial charge in [-0.3, -0.25) is 48.1 Å². The zero-order valence-electron chi connectivity index (χ0n) is 36.8. The number of hydrogen-bond acceptors (Lipinski definition) is 15. The molecule has 0 bridgehead atoms. The Morgan fingerprint density at radius 1 is 0.881 bits per heavy atom. The number of aliphatic imine (C=N–C) groups is 1. The molecule has 1 aromatic rings. The molecule has 1 aliphatic heterocycles. The molecule has 8 amide bonds. The van der Waals surface area contributed by atoms with Gasteiger partial charge < -0.3 is 70.6 Å². The highest BCUT2D eigenvalue weighted by Gasteiger charge is 2.33. The number of amides is 8. The summed E-state index contributed by atoms with van der Waals surface area (Å²) in [5, 5.41) is 30.6. The minimum atomic E-state index is -1.72. The number of nitrogens with zero attached hydrogens (tertiary/aromatic N) is 1. The van der Waals surface area contributed by atoms with Gasteiger partial charge in [-0.1, -0.05) is 36.9 Å². The lowest BCUT2D eigenvalue weighted by Crippen LogP contribution is -2.59. The van der Waals surface area contributed by atoms with Crippen LogP contribution in [-0.2, 0) is 49.6 Å². The van der Waals surface area contributed by atoms with Gasteiger partial charge in [-0.2, -0.15) is 12.6 Å². The summed E-state index contributed by atoms with van der Waals surface area (Å²) in [6.07, 6.45) is 0.551. The fraction of sp³-hybridized carbons (Fsp3) is 0.550. The van der Waals surface area contributed by atoms with E-state index in [1.54, 1.807) is 30.3 Å². The van der Waals surface area contributed by atoms with Gasteiger partial charge in [-0.05, 0) is 50.6 Å². The van der Waals surface area contributed by atoms with Crippen molar-refractivity contribution < 1.29 is 48.3 Å². The Morgan fingerprint density at radius 2 is 1.58 bits per heavy atom. The summed E-state index contributed by atoms with van der Waals surface area (Å²) in [7, 11) is 0. The van der Waals surface area contributed by atoms with E-state index >= 15 is 0 Å². The second-order valence-corrected chi connectivity index (χ2v) is 18.1. The average Bonchev–Trinajstić information content (AvgIpc) is 3.28. The van der Waals surface area contributed by atoms with Crippen molar-refractivity contribution in [3.05, 3.63) is 48.2 Å². The molecule has 1 saturated heterocycles. The number of primary amides is 1. The fourth-order valence-corrected chi connectivity index (χ4v) is 8.71. The van der Waals surface area contributed by atoms with E-state index in [0.29, 0.717) is 19.4 Å². The average molecular weight is 1020 g/mol. The Bertz CT molecular complexity index is 1900. The monoisotopic (exact) mass is 1020 g/mol. The maximum absolute atomic E-state index is 14.2. The summed E-state index contributed by atoms with van der Waals surface area (Å²) in [5.41, 5.74) is 23.0. The van der Waals surface area contributed by atoms with Gasteiger partial charge in [0.05, 0.1) is 19.0 Å². The van der Waals surface area contributed by atoms with Gasteiger partial charge in [0.25, 0.3) is 0 Å². The van der Waals surface area contributed by atoms with Crippen LogP contribution in [0.2, 0.25) is 0 Å². The Morgan fingerprint density at radius 3 is 2.21 bits per heavy atom. The molecule has 0 aliphatic carbocycles. The molecular formula is C40H62ClN13O10S3. The second kappa shape index (κ2) is 31.5. The van der Waals surface area contributed by atoms with Crippen LogP contribution in [0.25, 0.3) is 0 Å². The van der Waals surface area contributed by atoms with E-state index in [0.717, 1.165) is 29.1 Å². The first-order valence-corrected chi connectivity index (χ1v) is 24.5. The van der Waals surface area contributed by atoms with Gasteiger partial charge in [0, 0.05) is 34.6 Å². The van der Waals surface area contributed by atoms with Crippen molar-refractivity contribution >= 4 is 107 Å². The van der Waals surface area contributed by atoms with Crippen molar-refractivity contribution in [3.8, 4) is 0 Å². The number of nitrogens with one attached hydrogen (secondary N) is 8. The number of carboxylic acid groups (broad SMARTS) is 1. The lowest BCUT2D eigenvalue weighted by molar-refractivity contribution is -0.141. The van der Waals surface area contributed by atoms with Gasteiger partial charge in [0.1, 0.15) is 42.1 Å². The number of alkyl halides is 1. The lowest BCUT2D eigenvalue weighted by atomic mass is 10.0. The van der Waals surface area contributed by atoms with Gasteiger partial charge in [0.15, 0.2) is 5.96 Å². The largest absolute Gasteiger partial charge is 0.481 e. The van der Waals surface area contributed by atoms with Crippen LogP contribution in [0.5, 0.6) is 0 Å². The first-order chi connectivity index (χ1) is 31.9. The number of nitrogens with two attached hydrogens (primary N) is 4. The number of aliphatic carboxylic acids is 1. The van der Waals surface area contributed by atoms with Gasteiger partial charge in [-0.15, -0.1) is 35.1 Å². The SMILES string of the molecule is C=C(N[C@@H](CS)C(N)=O)[C@H](Cc1ccccc1)NC(=O)[C@@H]1CSCSC[C@H](NC(=O)[C@H](CCCCN)NC(=O)CCl)C(=O)N[C@@H](CCCN=C(N)N)C(=O)NCC(=O)N[C@@H](CC(=O)O)C(=O)N1. The van der Waals surface area contributed by atoms with Gasteiger partial charge in [-0.25, -0.2) is 0 Å². The van der Waals surface area contributed by atoms with Crippen molar-refractivity contribution in [1.29, 1.82) is 0 Å². The summed E-state index contributed by atoms with van der Waals surface area (Å²) in [5.74, 6) is -8.86. The number of carbonyl (C=O) groups excluding carboxylic acids is 8. The molecule has 7 atom stereocenters. The van der Waals surface area contributed by atoms with E-state index in [2.05, 4.69) is 66.7 Å². The van der Waals surface area contributed by atoms with E-state index in [9.17, 15) is 48.3 Å². The highest BCUT2D eigenvalue weighted by Crippen LogP contribution is 2.17. The number of carbonyl (C=O) groups is 9. The number of thiol groups is 1. The fourth-order valence-electron chi connectivity index (χ4n) is 6.17. The van der Waals surface area contributed by atoms with Crippen LogP contribution in [-0.4, -0.2) is 154 Å². The van der Waals surface area contributed by atoms with E-state index in [1.165, 1.54) is 0 Å². The molecule has 1 heterocycles. The number of thioether (sulfide) groups is 2. The van der Waals surface area contributed by atoms with Crippen LogP contribution in [0.1, 0.15) is 44.1 Å². The van der Waals surface area contributed by atoms with Crippen LogP contribution in [0.4, 0.5) is 0 Å². The molecule has 1 fully saturated rings. The van der Waals surface area contributed by atoms with E-state index in [1.807, 2.05) is 0 Å². The van der Waals surface area contributed by atoms with Crippen molar-refractivity contribution in [2.75, 3.05) is 47.9 Å². The van der Waals surface area contributed by atoms with E-state index < -0.39 is 114 Å². The molecule has 2 rings (SSSR count). The van der Waals surface area contributed by atoms with Crippen LogP contribution in [0, 0.1) is 0 Å². The smallest absolute Gasteiger partial charge is 0.305 e. The molecule has 0 saturated carbocycles. The lowest BCUT2D eigenvalue weighted by Gasteiger charge is -2.28. The van der Waals surface area contributed by atoms with Gasteiger partial charge in [0.2, 0.25) is 47.3 Å². The number of unbranched alkanes of at least 4 members (excludes halogenated alkanes) is 1. The summed E-state index contributed by atoms with van der Waals surface area (Å²) >= 11 is 12.2. The van der Waals surface area contributed by atoms with Crippen molar-refractivity contribution in [3.63, 3.8) is 0 Å². The molecule has 0 unspecified atom stereocenters. The number of guanidine groups is 1. The Labute approximate surface area is 407 Å². The molecule has 17 N–H and O–H groups in total. The summed E-state index contributed by atoms with van der Waals surface area (Å²) in [6.45, 7) is 3.64. The summed E-state index contributed by atoms with van der Waals surface area (Å²) < 4.78 is 0. The van der Waals surface area contributed by atoms with Gasteiger partial charge >= 0.3 is 5.97 Å². The van der Waals surface area contributed by atoms with Crippen LogP contribution >= 0.6 is 47.8 Å². The number of carboxylic acids is 1. The molecule has 1 aromatic carbocycles. The third-order valence-electron chi connectivity index (χ3n) is 9.66. The van der Waals surface area contributed by atoms with E-state index in [4.69, 9.17) is 34.5 Å². The molecule has 67 heavy (non-hydrogen) atoms. The number of rotatable bonds is 23. The number of hydrogen-bond donors (Lipinski definition) is 14. The number of benzene rings is 1. The molecule has 23 nitrogen and oxygen atoms in total. The Kier molecular flexibility index (Phi) is 27.1. The van der Waals surface area contributed by atoms with Crippen molar-refractivity contribution in [2.24, 2.45) is 27.9 Å².